The van der Waals surface area contributed by atoms with E-state index < -0.39 is 15.4 Å². The lowest BCUT2D eigenvalue weighted by molar-refractivity contribution is 0.0261. The van der Waals surface area contributed by atoms with Crippen molar-refractivity contribution in [2.75, 3.05) is 19.7 Å². The molecule has 1 heterocycles. The van der Waals surface area contributed by atoms with Gasteiger partial charge in [-0.3, -0.25) is 4.18 Å². The number of likely N-dealkylation sites (tertiary alicyclic amines) is 1. The normalized spacial score (nSPS) is 27.5. The summed E-state index contributed by atoms with van der Waals surface area (Å²) in [6.45, 7) is 9.40. The van der Waals surface area contributed by atoms with E-state index in [0.29, 0.717) is 42.3 Å². The van der Waals surface area contributed by atoms with E-state index in [2.05, 4.69) is 5.87 Å². The number of fused-ring (bicyclic) bond motifs is 1. The van der Waals surface area contributed by atoms with Crippen molar-refractivity contribution in [1.82, 2.24) is 4.90 Å². The molecular formula is C19H27NO4S. The Labute approximate surface area is 150 Å². The summed E-state index contributed by atoms with van der Waals surface area (Å²) in [5, 5.41) is 0. The van der Waals surface area contributed by atoms with Crippen molar-refractivity contribution in [2.45, 2.75) is 38.2 Å². The van der Waals surface area contributed by atoms with Crippen LogP contribution in [0.25, 0.3) is 0 Å². The lowest BCUT2D eigenvalue weighted by Gasteiger charge is -2.26. The Hall–Kier alpha value is -1.53. The first kappa shape index (κ1) is 18.3. The smallest absolute Gasteiger partial charge is 0.410 e. The average molecular weight is 365 g/mol. The Kier molecular flexibility index (Phi) is 4.62. The molecule has 0 aromatic heterocycles. The Morgan fingerprint density at radius 3 is 2.32 bits per heavy atom. The average Bonchev–Trinajstić information content (AvgIpc) is 2.94. The second-order valence-corrected chi connectivity index (χ2v) is 10.0. The molecule has 0 bridgehead atoms. The van der Waals surface area contributed by atoms with Crippen molar-refractivity contribution in [3.63, 3.8) is 0 Å². The number of aryl methyl sites for hydroxylation is 1. The van der Waals surface area contributed by atoms with Gasteiger partial charge in [0.05, 0.1) is 11.5 Å². The van der Waals surface area contributed by atoms with Gasteiger partial charge in [-0.2, -0.15) is 0 Å². The third-order valence-electron chi connectivity index (χ3n) is 4.85. The molecule has 6 heteroatoms. The van der Waals surface area contributed by atoms with Crippen molar-refractivity contribution in [1.29, 1.82) is 0 Å². The van der Waals surface area contributed by atoms with Crippen molar-refractivity contribution >= 4 is 21.8 Å². The number of amides is 1. The first-order chi connectivity index (χ1) is 11.6. The van der Waals surface area contributed by atoms with E-state index in [1.807, 2.05) is 52.0 Å². The van der Waals surface area contributed by atoms with Crippen molar-refractivity contribution in [3.8, 4) is 0 Å². The maximum atomic E-state index is 12.7. The van der Waals surface area contributed by atoms with Gasteiger partial charge >= 0.3 is 6.09 Å². The van der Waals surface area contributed by atoms with Crippen LogP contribution in [0.2, 0.25) is 0 Å². The first-order valence-corrected chi connectivity index (χ1v) is 10.3. The number of piperidine rings is 1. The minimum absolute atomic E-state index is 0.250. The van der Waals surface area contributed by atoms with Crippen molar-refractivity contribution in [3.05, 3.63) is 29.8 Å². The van der Waals surface area contributed by atoms with Gasteiger partial charge in [0.1, 0.15) is 15.4 Å². The molecule has 1 amide bonds. The van der Waals surface area contributed by atoms with E-state index in [1.165, 1.54) is 0 Å². The van der Waals surface area contributed by atoms with E-state index in [1.54, 1.807) is 4.90 Å². The maximum Gasteiger partial charge on any atom is 0.410 e. The van der Waals surface area contributed by atoms with E-state index in [4.69, 9.17) is 8.92 Å². The van der Waals surface area contributed by atoms with Crippen LogP contribution < -0.4 is 0 Å². The Bertz CT molecular complexity index is 737. The number of carbonyl (C=O) groups excluding carboxylic acids is 1. The Balaban J connectivity index is 1.49. The minimum atomic E-state index is -2.72. The molecule has 1 aliphatic heterocycles. The van der Waals surface area contributed by atoms with E-state index in [-0.39, 0.29) is 6.09 Å². The summed E-state index contributed by atoms with van der Waals surface area (Å²) in [6, 6.07) is 7.44. The fourth-order valence-electron chi connectivity index (χ4n) is 3.37. The quantitative estimate of drug-likeness (QED) is 0.770. The number of benzene rings is 1. The van der Waals surface area contributed by atoms with Crippen LogP contribution in [0.5, 0.6) is 0 Å². The lowest BCUT2D eigenvalue weighted by atomic mass is 10.2. The van der Waals surface area contributed by atoms with E-state index in [9.17, 15) is 9.00 Å². The summed E-state index contributed by atoms with van der Waals surface area (Å²) in [5.74, 6) is 4.96. The molecule has 1 aromatic carbocycles. The summed E-state index contributed by atoms with van der Waals surface area (Å²) < 4.78 is 23.7. The van der Waals surface area contributed by atoms with E-state index >= 15 is 0 Å². The lowest BCUT2D eigenvalue weighted by Crippen LogP contribution is -2.37. The molecule has 25 heavy (non-hydrogen) atoms. The van der Waals surface area contributed by atoms with Crippen LogP contribution in [-0.4, -0.2) is 46.4 Å². The molecule has 5 nitrogen and oxygen atoms in total. The van der Waals surface area contributed by atoms with Crippen LogP contribution >= 0.6 is 0 Å². The first-order valence-electron chi connectivity index (χ1n) is 8.63. The highest BCUT2D eigenvalue weighted by Crippen LogP contribution is 2.52. The van der Waals surface area contributed by atoms with Crippen LogP contribution in [0.4, 0.5) is 4.79 Å². The predicted molar refractivity (Wildman–Crippen MR) is 98.9 cm³/mol. The fraction of sp³-hybridized carbons (Fsp3) is 0.579. The molecule has 3 rings (SSSR count). The van der Waals surface area contributed by atoms with Gasteiger partial charge in [0.2, 0.25) is 0 Å². The highest BCUT2D eigenvalue weighted by atomic mass is 32.2. The monoisotopic (exact) mass is 365 g/mol. The van der Waals surface area contributed by atoms with Gasteiger partial charge in [-0.1, -0.05) is 17.7 Å². The molecule has 1 saturated carbocycles. The number of carbonyl (C=O) groups is 1. The molecule has 3 atom stereocenters. The van der Waals surface area contributed by atoms with Crippen molar-refractivity contribution < 1.29 is 17.9 Å². The Morgan fingerprint density at radius 2 is 1.80 bits per heavy atom. The second kappa shape index (κ2) is 6.32. The van der Waals surface area contributed by atoms with E-state index in [0.717, 1.165) is 5.56 Å². The summed E-state index contributed by atoms with van der Waals surface area (Å²) in [7, 11) is -2.72. The third-order valence-corrected chi connectivity index (χ3v) is 6.36. The van der Waals surface area contributed by atoms with Gasteiger partial charge in [-0.05, 0) is 63.5 Å². The molecule has 138 valence electrons. The molecular weight excluding hydrogens is 338 g/mol. The zero-order valence-electron chi connectivity index (χ0n) is 15.4. The van der Waals surface area contributed by atoms with Gasteiger partial charge in [-0.25, -0.2) is 9.00 Å². The van der Waals surface area contributed by atoms with Gasteiger partial charge in [0.25, 0.3) is 0 Å². The molecule has 0 N–H and O–H groups in total. The van der Waals surface area contributed by atoms with Crippen LogP contribution in [0.1, 0.15) is 26.3 Å². The molecule has 0 spiro atoms. The van der Waals surface area contributed by atoms with Crippen LogP contribution in [-0.2, 0) is 18.7 Å². The van der Waals surface area contributed by atoms with Gasteiger partial charge < -0.3 is 9.64 Å². The zero-order valence-corrected chi connectivity index (χ0v) is 16.2. The molecule has 2 aliphatic rings. The van der Waals surface area contributed by atoms with Gasteiger partial charge in [0, 0.05) is 13.1 Å². The summed E-state index contributed by atoms with van der Waals surface area (Å²) >= 11 is 0. The second-order valence-electron chi connectivity index (χ2n) is 8.09. The van der Waals surface area contributed by atoms with Crippen LogP contribution in [0.15, 0.2) is 29.2 Å². The highest BCUT2D eigenvalue weighted by Gasteiger charge is 2.57. The maximum absolute atomic E-state index is 12.7. The number of ether oxygens (including phenoxy) is 1. The summed E-state index contributed by atoms with van der Waals surface area (Å²) in [4.78, 5) is 14.5. The third kappa shape index (κ3) is 4.18. The standard InChI is InChI=1S/C19H27NO4S/c1-13-6-8-14(9-7-13)25(5,22)23-12-17-15-10-20(11-16(15)17)18(21)24-19(2,3)4/h6-9,15-17H,5,10-12H2,1-4H3. The number of hydrogen-bond donors (Lipinski definition) is 0. The van der Waals surface area contributed by atoms with Gasteiger partial charge in [-0.15, -0.1) is 0 Å². The zero-order chi connectivity index (χ0) is 18.4. The summed E-state index contributed by atoms with van der Waals surface area (Å²) in [6.07, 6.45) is -0.250. The largest absolute Gasteiger partial charge is 0.444 e. The Morgan fingerprint density at radius 1 is 1.24 bits per heavy atom. The SMILES string of the molecule is C=S(=O)(OCC1C2CN(C(=O)OC(C)(C)C)CC12)c1ccc(C)cc1. The van der Waals surface area contributed by atoms with Crippen molar-refractivity contribution in [2.24, 2.45) is 17.8 Å². The minimum Gasteiger partial charge on any atom is -0.444 e. The van der Waals surface area contributed by atoms with Crippen LogP contribution in [0, 0.1) is 24.7 Å². The predicted octanol–water partition coefficient (Wildman–Crippen LogP) is 3.11. The molecule has 2 fully saturated rings. The van der Waals surface area contributed by atoms with Gasteiger partial charge in [0.15, 0.2) is 0 Å². The number of hydrogen-bond acceptors (Lipinski definition) is 4. The molecule has 1 saturated heterocycles. The summed E-state index contributed by atoms with van der Waals surface area (Å²) in [5.41, 5.74) is 0.637. The number of nitrogens with zero attached hydrogens (tertiary/aromatic N) is 1. The molecule has 1 aromatic rings. The topological polar surface area (TPSA) is 55.8 Å². The highest BCUT2D eigenvalue weighted by molar-refractivity contribution is 7.96. The number of rotatable bonds is 4. The van der Waals surface area contributed by atoms with Crippen LogP contribution in [0.3, 0.4) is 0 Å². The molecule has 3 unspecified atom stereocenters. The fourth-order valence-corrected chi connectivity index (χ4v) is 4.44. The molecule has 1 aliphatic carbocycles. The molecule has 0 radical (unpaired) electrons.